The molecule has 3 rings (SSSR count). The highest BCUT2D eigenvalue weighted by atomic mass is 19.4. The summed E-state index contributed by atoms with van der Waals surface area (Å²) in [4.78, 5) is 0. The van der Waals surface area contributed by atoms with Crippen molar-refractivity contribution >= 4 is 5.69 Å². The van der Waals surface area contributed by atoms with Crippen LogP contribution in [0.5, 0.6) is 11.5 Å². The number of hydrogen-bond acceptors (Lipinski definition) is 3. The summed E-state index contributed by atoms with van der Waals surface area (Å²) in [5.41, 5.74) is 7.82. The van der Waals surface area contributed by atoms with E-state index in [4.69, 9.17) is 10.5 Å². The van der Waals surface area contributed by atoms with Crippen molar-refractivity contribution < 1.29 is 22.6 Å². The fraction of sp³-hybridized carbons (Fsp3) is 0.100. The lowest BCUT2D eigenvalue weighted by Gasteiger charge is -2.15. The number of anilines is 1. The molecular formula is C20H16F3NO2. The minimum absolute atomic E-state index is 0.243. The largest absolute Gasteiger partial charge is 0.573 e. The molecule has 26 heavy (non-hydrogen) atoms. The Morgan fingerprint density at radius 3 is 2.35 bits per heavy atom. The Morgan fingerprint density at radius 2 is 1.62 bits per heavy atom. The van der Waals surface area contributed by atoms with Crippen molar-refractivity contribution in [1.29, 1.82) is 0 Å². The number of rotatable bonds is 5. The van der Waals surface area contributed by atoms with Crippen molar-refractivity contribution in [2.45, 2.75) is 13.0 Å². The van der Waals surface area contributed by atoms with Gasteiger partial charge in [-0.3, -0.25) is 0 Å². The number of hydrogen-bond donors (Lipinski definition) is 1. The molecule has 0 saturated heterocycles. The van der Waals surface area contributed by atoms with Gasteiger partial charge in [-0.25, -0.2) is 0 Å². The zero-order chi connectivity index (χ0) is 18.6. The number of halogens is 3. The number of nitrogens with two attached hydrogens (primary N) is 1. The molecule has 0 radical (unpaired) electrons. The van der Waals surface area contributed by atoms with E-state index in [1.807, 2.05) is 30.3 Å². The third-order valence-electron chi connectivity index (χ3n) is 3.62. The summed E-state index contributed by atoms with van der Waals surface area (Å²) >= 11 is 0. The maximum absolute atomic E-state index is 12.6. The predicted molar refractivity (Wildman–Crippen MR) is 93.7 cm³/mol. The van der Waals surface area contributed by atoms with Gasteiger partial charge in [0.2, 0.25) is 0 Å². The molecule has 0 atom stereocenters. The van der Waals surface area contributed by atoms with Crippen LogP contribution in [0.4, 0.5) is 18.9 Å². The first kappa shape index (κ1) is 17.7. The summed E-state index contributed by atoms with van der Waals surface area (Å²) in [6, 6.07) is 20.4. The summed E-state index contributed by atoms with van der Waals surface area (Å²) in [5.74, 6) is 0.221. The van der Waals surface area contributed by atoms with E-state index in [-0.39, 0.29) is 11.3 Å². The van der Waals surface area contributed by atoms with Gasteiger partial charge in [0, 0.05) is 11.3 Å². The van der Waals surface area contributed by atoms with Gasteiger partial charge in [-0.2, -0.15) is 0 Å². The molecule has 0 spiro atoms. The summed E-state index contributed by atoms with van der Waals surface area (Å²) in [6.07, 6.45) is -4.79. The Labute approximate surface area is 148 Å². The highest BCUT2D eigenvalue weighted by Crippen LogP contribution is 2.36. The zero-order valence-corrected chi connectivity index (χ0v) is 13.7. The van der Waals surface area contributed by atoms with Crippen molar-refractivity contribution in [3.05, 3.63) is 78.4 Å². The number of alkyl halides is 3. The van der Waals surface area contributed by atoms with Crippen molar-refractivity contribution in [2.24, 2.45) is 0 Å². The van der Waals surface area contributed by atoms with Gasteiger partial charge in [-0.05, 0) is 41.5 Å². The van der Waals surface area contributed by atoms with Gasteiger partial charge in [0.05, 0.1) is 0 Å². The molecule has 0 aliphatic heterocycles. The van der Waals surface area contributed by atoms with Crippen molar-refractivity contribution in [2.75, 3.05) is 5.73 Å². The quantitative estimate of drug-likeness (QED) is 0.619. The molecule has 0 aliphatic carbocycles. The monoisotopic (exact) mass is 359 g/mol. The molecule has 0 bridgehead atoms. The van der Waals surface area contributed by atoms with E-state index < -0.39 is 6.36 Å². The van der Waals surface area contributed by atoms with Gasteiger partial charge in [-0.15, -0.1) is 13.2 Å². The van der Waals surface area contributed by atoms with E-state index in [0.29, 0.717) is 23.6 Å². The maximum Gasteiger partial charge on any atom is 0.573 e. The molecule has 0 heterocycles. The average molecular weight is 359 g/mol. The Kier molecular flexibility index (Phi) is 5.02. The van der Waals surface area contributed by atoms with E-state index in [0.717, 1.165) is 5.56 Å². The first-order valence-electron chi connectivity index (χ1n) is 7.83. The molecule has 6 heteroatoms. The Hall–Kier alpha value is -3.15. The minimum Gasteiger partial charge on any atom is -0.489 e. The van der Waals surface area contributed by atoms with Crippen LogP contribution in [0, 0.1) is 0 Å². The molecule has 0 unspecified atom stereocenters. The second-order valence-corrected chi connectivity index (χ2v) is 5.61. The molecule has 3 aromatic carbocycles. The standard InChI is InChI=1S/C20H16F3NO2/c21-20(22,23)26-19-10-9-16(24)12-18(19)15-7-4-8-17(11-15)25-13-14-5-2-1-3-6-14/h1-12H,13,24H2. The van der Waals surface area contributed by atoms with Crippen LogP contribution in [-0.2, 0) is 6.61 Å². The Bertz CT molecular complexity index is 880. The Morgan fingerprint density at radius 1 is 0.846 bits per heavy atom. The Balaban J connectivity index is 1.87. The van der Waals surface area contributed by atoms with Crippen LogP contribution >= 0.6 is 0 Å². The SMILES string of the molecule is Nc1ccc(OC(F)(F)F)c(-c2cccc(OCc3ccccc3)c2)c1. The van der Waals surface area contributed by atoms with Crippen LogP contribution in [0.1, 0.15) is 5.56 Å². The lowest BCUT2D eigenvalue weighted by molar-refractivity contribution is -0.274. The number of ether oxygens (including phenoxy) is 2. The summed E-state index contributed by atoms with van der Waals surface area (Å²) in [7, 11) is 0. The van der Waals surface area contributed by atoms with Gasteiger partial charge in [0.25, 0.3) is 0 Å². The molecule has 0 aromatic heterocycles. The van der Waals surface area contributed by atoms with Gasteiger partial charge >= 0.3 is 6.36 Å². The number of nitrogen functional groups attached to an aromatic ring is 1. The topological polar surface area (TPSA) is 44.5 Å². The van der Waals surface area contributed by atoms with E-state index in [1.54, 1.807) is 24.3 Å². The maximum atomic E-state index is 12.6. The molecular weight excluding hydrogens is 343 g/mol. The van der Waals surface area contributed by atoms with Crippen molar-refractivity contribution in [1.82, 2.24) is 0 Å². The van der Waals surface area contributed by atoms with Crippen molar-refractivity contribution in [3.63, 3.8) is 0 Å². The molecule has 0 saturated carbocycles. The molecule has 0 aliphatic rings. The highest BCUT2D eigenvalue weighted by molar-refractivity contribution is 5.74. The number of benzene rings is 3. The second-order valence-electron chi connectivity index (χ2n) is 5.61. The lowest BCUT2D eigenvalue weighted by Crippen LogP contribution is -2.17. The van der Waals surface area contributed by atoms with Gasteiger partial charge < -0.3 is 15.2 Å². The van der Waals surface area contributed by atoms with Crippen molar-refractivity contribution in [3.8, 4) is 22.6 Å². The zero-order valence-electron chi connectivity index (χ0n) is 13.7. The van der Waals surface area contributed by atoms with E-state index in [2.05, 4.69) is 4.74 Å². The van der Waals surface area contributed by atoms with Gasteiger partial charge in [0.15, 0.2) is 0 Å². The normalized spacial score (nSPS) is 11.2. The second kappa shape index (κ2) is 7.39. The molecule has 2 N–H and O–H groups in total. The fourth-order valence-corrected chi connectivity index (χ4v) is 2.48. The van der Waals surface area contributed by atoms with Crippen LogP contribution in [0.25, 0.3) is 11.1 Å². The highest BCUT2D eigenvalue weighted by Gasteiger charge is 2.32. The molecule has 3 aromatic rings. The summed E-state index contributed by atoms with van der Waals surface area (Å²) < 4.78 is 47.8. The van der Waals surface area contributed by atoms with Gasteiger partial charge in [0.1, 0.15) is 18.1 Å². The van der Waals surface area contributed by atoms with Crippen LogP contribution in [0.3, 0.4) is 0 Å². The van der Waals surface area contributed by atoms with E-state index in [1.165, 1.54) is 18.2 Å². The fourth-order valence-electron chi connectivity index (χ4n) is 2.48. The molecule has 134 valence electrons. The predicted octanol–water partition coefficient (Wildman–Crippen LogP) is 5.41. The van der Waals surface area contributed by atoms with Gasteiger partial charge in [-0.1, -0.05) is 42.5 Å². The smallest absolute Gasteiger partial charge is 0.489 e. The van der Waals surface area contributed by atoms with Crippen LogP contribution < -0.4 is 15.2 Å². The lowest BCUT2D eigenvalue weighted by atomic mass is 10.0. The van der Waals surface area contributed by atoms with Crippen LogP contribution in [-0.4, -0.2) is 6.36 Å². The summed E-state index contributed by atoms with van der Waals surface area (Å²) in [5, 5.41) is 0. The summed E-state index contributed by atoms with van der Waals surface area (Å²) in [6.45, 7) is 0.354. The van der Waals surface area contributed by atoms with Crippen LogP contribution in [0.2, 0.25) is 0 Å². The first-order chi connectivity index (χ1) is 12.4. The van der Waals surface area contributed by atoms with E-state index >= 15 is 0 Å². The third-order valence-corrected chi connectivity index (χ3v) is 3.62. The average Bonchev–Trinajstić information content (AvgIpc) is 2.61. The molecule has 0 fully saturated rings. The first-order valence-corrected chi connectivity index (χ1v) is 7.83. The minimum atomic E-state index is -4.79. The molecule has 3 nitrogen and oxygen atoms in total. The molecule has 0 amide bonds. The van der Waals surface area contributed by atoms with E-state index in [9.17, 15) is 13.2 Å². The third kappa shape index (κ3) is 4.69. The van der Waals surface area contributed by atoms with Crippen LogP contribution in [0.15, 0.2) is 72.8 Å².